The van der Waals surface area contributed by atoms with Crippen molar-refractivity contribution in [2.75, 3.05) is 19.7 Å². The van der Waals surface area contributed by atoms with Crippen LogP contribution in [-0.2, 0) is 19.6 Å². The lowest BCUT2D eigenvalue weighted by atomic mass is 10.1. The van der Waals surface area contributed by atoms with Gasteiger partial charge < -0.3 is 9.47 Å². The highest BCUT2D eigenvalue weighted by atomic mass is 32.2. The van der Waals surface area contributed by atoms with Crippen LogP contribution in [0.4, 0.5) is 13.2 Å². The first-order chi connectivity index (χ1) is 14.1. The summed E-state index contributed by atoms with van der Waals surface area (Å²) in [6.07, 6.45) is 0.995. The molecule has 1 heterocycles. The van der Waals surface area contributed by atoms with Crippen molar-refractivity contribution in [1.29, 1.82) is 0 Å². The summed E-state index contributed by atoms with van der Waals surface area (Å²) in [6.45, 7) is 0.510. The first-order valence-corrected chi connectivity index (χ1v) is 11.6. The molecular weight excluding hydrogens is 423 g/mol. The maximum Gasteiger partial charge on any atom is 0.573 e. The van der Waals surface area contributed by atoms with Crippen LogP contribution in [0, 0.1) is 5.92 Å². The fourth-order valence-electron chi connectivity index (χ4n) is 3.48. The van der Waals surface area contributed by atoms with Gasteiger partial charge in [-0.2, -0.15) is 4.31 Å². The molecule has 1 saturated heterocycles. The monoisotopic (exact) mass is 449 g/mol. The molecule has 3 rings (SSSR count). The molecule has 1 aromatic carbocycles. The molecule has 30 heavy (non-hydrogen) atoms. The fraction of sp³-hybridized carbons (Fsp3) is 0.650. The number of sulfonamides is 1. The Morgan fingerprint density at radius 3 is 2.27 bits per heavy atom. The molecule has 1 aliphatic carbocycles. The van der Waals surface area contributed by atoms with Crippen LogP contribution in [0.2, 0.25) is 0 Å². The highest BCUT2D eigenvalue weighted by molar-refractivity contribution is 7.89. The van der Waals surface area contributed by atoms with E-state index in [1.54, 1.807) is 0 Å². The van der Waals surface area contributed by atoms with Crippen LogP contribution in [0.15, 0.2) is 29.2 Å². The van der Waals surface area contributed by atoms with E-state index in [4.69, 9.17) is 4.74 Å². The van der Waals surface area contributed by atoms with Crippen LogP contribution in [-0.4, -0.2) is 50.7 Å². The number of halogens is 3. The third-order valence-electron chi connectivity index (χ3n) is 5.34. The van der Waals surface area contributed by atoms with Crippen LogP contribution in [0.5, 0.6) is 5.75 Å². The predicted molar refractivity (Wildman–Crippen MR) is 102 cm³/mol. The van der Waals surface area contributed by atoms with Gasteiger partial charge in [0.05, 0.1) is 11.0 Å². The fourth-order valence-corrected chi connectivity index (χ4v) is 4.95. The quantitative estimate of drug-likeness (QED) is 0.542. The van der Waals surface area contributed by atoms with E-state index in [1.165, 1.54) is 17.1 Å². The molecule has 0 amide bonds. The lowest BCUT2D eigenvalue weighted by Gasteiger charge is -2.31. The zero-order valence-electron chi connectivity index (χ0n) is 16.6. The van der Waals surface area contributed by atoms with Crippen molar-refractivity contribution in [3.63, 3.8) is 0 Å². The molecule has 0 aromatic heterocycles. The van der Waals surface area contributed by atoms with E-state index >= 15 is 0 Å². The Balaban J connectivity index is 1.43. The Kier molecular flexibility index (Phi) is 7.41. The number of ether oxygens (including phenoxy) is 2. The number of hydrogen-bond acceptors (Lipinski definition) is 5. The molecule has 6 nitrogen and oxygen atoms in total. The van der Waals surface area contributed by atoms with Crippen molar-refractivity contribution in [3.8, 4) is 5.75 Å². The standard InChI is InChI=1S/C20H26F3NO5S/c21-20(22,23)29-18-6-8-19(9-7-18)30(26,27)24-12-10-17(11-13-24)28-14-16(25)3-1-2-15-4-5-15/h6-9,15,17H,1-5,10-14H2. The second kappa shape index (κ2) is 9.65. The van der Waals surface area contributed by atoms with Crippen LogP contribution < -0.4 is 4.74 Å². The lowest BCUT2D eigenvalue weighted by molar-refractivity contribution is -0.274. The average molecular weight is 449 g/mol. The van der Waals surface area contributed by atoms with Gasteiger partial charge in [0.15, 0.2) is 5.78 Å². The summed E-state index contributed by atoms with van der Waals surface area (Å²) in [6, 6.07) is 4.15. The molecule has 2 aliphatic rings. The molecule has 1 saturated carbocycles. The summed E-state index contributed by atoms with van der Waals surface area (Å²) >= 11 is 0. The molecule has 2 fully saturated rings. The smallest absolute Gasteiger partial charge is 0.406 e. The topological polar surface area (TPSA) is 72.9 Å². The van der Waals surface area contributed by atoms with E-state index in [2.05, 4.69) is 4.74 Å². The summed E-state index contributed by atoms with van der Waals surface area (Å²) in [5.41, 5.74) is 0. The number of carbonyl (C=O) groups is 1. The molecule has 10 heteroatoms. The van der Waals surface area contributed by atoms with Gasteiger partial charge >= 0.3 is 6.36 Å². The van der Waals surface area contributed by atoms with Crippen molar-refractivity contribution in [1.82, 2.24) is 4.31 Å². The molecular formula is C20H26F3NO5S. The van der Waals surface area contributed by atoms with Crippen molar-refractivity contribution in [3.05, 3.63) is 24.3 Å². The third-order valence-corrected chi connectivity index (χ3v) is 7.25. The maximum absolute atomic E-state index is 12.7. The maximum atomic E-state index is 12.7. The van der Waals surface area contributed by atoms with Crippen molar-refractivity contribution >= 4 is 15.8 Å². The number of nitrogens with zero attached hydrogens (tertiary/aromatic N) is 1. The van der Waals surface area contributed by atoms with Gasteiger partial charge in [-0.3, -0.25) is 4.79 Å². The molecule has 0 unspecified atom stereocenters. The first kappa shape index (κ1) is 23.0. The van der Waals surface area contributed by atoms with E-state index in [0.717, 1.165) is 43.0 Å². The van der Waals surface area contributed by atoms with Gasteiger partial charge in [0.25, 0.3) is 0 Å². The third kappa shape index (κ3) is 6.95. The number of benzene rings is 1. The van der Waals surface area contributed by atoms with Crippen molar-refractivity contribution in [2.24, 2.45) is 5.92 Å². The van der Waals surface area contributed by atoms with E-state index in [9.17, 15) is 26.4 Å². The summed E-state index contributed by atoms with van der Waals surface area (Å²) in [4.78, 5) is 11.8. The molecule has 0 N–H and O–H groups in total. The Labute approximate surface area is 174 Å². The summed E-state index contributed by atoms with van der Waals surface area (Å²) in [5.74, 6) is 0.403. The minimum atomic E-state index is -4.83. The van der Waals surface area contributed by atoms with Gasteiger partial charge in [-0.05, 0) is 49.4 Å². The highest BCUT2D eigenvalue weighted by Crippen LogP contribution is 2.34. The zero-order valence-corrected chi connectivity index (χ0v) is 17.4. The van der Waals surface area contributed by atoms with Gasteiger partial charge in [-0.25, -0.2) is 8.42 Å². The lowest BCUT2D eigenvalue weighted by Crippen LogP contribution is -2.41. The number of alkyl halides is 3. The van der Waals surface area contributed by atoms with Gasteiger partial charge in [-0.1, -0.05) is 19.3 Å². The predicted octanol–water partition coefficient (Wildman–Crippen LogP) is 3.90. The minimum absolute atomic E-state index is 0.0583. The minimum Gasteiger partial charge on any atom is -0.406 e. The average Bonchev–Trinajstić information content (AvgIpc) is 3.50. The number of ketones is 1. The Morgan fingerprint density at radius 1 is 1.07 bits per heavy atom. The van der Waals surface area contributed by atoms with Crippen LogP contribution in [0.25, 0.3) is 0 Å². The number of rotatable bonds is 10. The number of Topliss-reactive ketones (excluding diaryl/α,β-unsaturated/α-hetero) is 1. The summed E-state index contributed by atoms with van der Waals surface area (Å²) < 4.78 is 72.8. The second-order valence-electron chi connectivity index (χ2n) is 7.81. The Morgan fingerprint density at radius 2 is 1.70 bits per heavy atom. The molecule has 1 aromatic rings. The van der Waals surface area contributed by atoms with Crippen LogP contribution in [0.3, 0.4) is 0 Å². The highest BCUT2D eigenvalue weighted by Gasteiger charge is 2.32. The van der Waals surface area contributed by atoms with Crippen LogP contribution >= 0.6 is 0 Å². The van der Waals surface area contributed by atoms with Crippen molar-refractivity contribution < 1.29 is 35.9 Å². The van der Waals surface area contributed by atoms with E-state index in [-0.39, 0.29) is 36.5 Å². The Bertz CT molecular complexity index is 814. The van der Waals surface area contributed by atoms with Crippen molar-refractivity contribution in [2.45, 2.75) is 62.3 Å². The molecule has 0 bridgehead atoms. The summed E-state index contributed by atoms with van der Waals surface area (Å²) in [7, 11) is -3.82. The largest absolute Gasteiger partial charge is 0.573 e. The molecule has 0 radical (unpaired) electrons. The van der Waals surface area contributed by atoms with E-state index < -0.39 is 22.1 Å². The SMILES string of the molecule is O=C(CCCC1CC1)COC1CCN(S(=O)(=O)c2ccc(OC(F)(F)F)cc2)CC1. The zero-order chi connectivity index (χ0) is 21.8. The normalized spacial score (nSPS) is 19.0. The van der Waals surface area contributed by atoms with Gasteiger partial charge in [0, 0.05) is 19.5 Å². The van der Waals surface area contributed by atoms with Gasteiger partial charge in [0.1, 0.15) is 12.4 Å². The van der Waals surface area contributed by atoms with E-state index in [0.29, 0.717) is 19.3 Å². The van der Waals surface area contributed by atoms with Gasteiger partial charge in [0.2, 0.25) is 10.0 Å². The Hall–Kier alpha value is -1.65. The molecule has 0 spiro atoms. The number of piperidine rings is 1. The number of carbonyl (C=O) groups excluding carboxylic acids is 1. The van der Waals surface area contributed by atoms with E-state index in [1.807, 2.05) is 0 Å². The molecule has 168 valence electrons. The summed E-state index contributed by atoms with van der Waals surface area (Å²) in [5, 5.41) is 0. The number of hydrogen-bond donors (Lipinski definition) is 0. The second-order valence-corrected chi connectivity index (χ2v) is 9.75. The molecule has 1 aliphatic heterocycles. The molecule has 0 atom stereocenters. The van der Waals surface area contributed by atoms with Crippen LogP contribution in [0.1, 0.15) is 44.9 Å². The van der Waals surface area contributed by atoms with Gasteiger partial charge in [-0.15, -0.1) is 13.2 Å². The first-order valence-electron chi connectivity index (χ1n) is 10.1.